The van der Waals surface area contributed by atoms with Gasteiger partial charge in [0.15, 0.2) is 11.2 Å². The van der Waals surface area contributed by atoms with Crippen LogP contribution in [0, 0.1) is 0 Å². The molecule has 1 N–H and O–H groups in total. The van der Waals surface area contributed by atoms with Crippen LogP contribution in [0.25, 0.3) is 21.4 Å². The van der Waals surface area contributed by atoms with Crippen molar-refractivity contribution < 1.29 is 0 Å². The molecule has 1 unspecified atom stereocenters. The lowest BCUT2D eigenvalue weighted by Gasteiger charge is -2.34. The molecule has 1 aliphatic heterocycles. The highest BCUT2D eigenvalue weighted by Gasteiger charge is 2.28. The minimum atomic E-state index is -0.383. The van der Waals surface area contributed by atoms with Gasteiger partial charge in [-0.05, 0) is 37.9 Å². The highest BCUT2D eigenvalue weighted by Crippen LogP contribution is 2.36. The van der Waals surface area contributed by atoms with E-state index in [4.69, 9.17) is 9.97 Å². The highest BCUT2D eigenvalue weighted by molar-refractivity contribution is 7.18. The highest BCUT2D eigenvalue weighted by atomic mass is 32.1. The molecule has 4 aromatic rings. The third-order valence-electron chi connectivity index (χ3n) is 6.39. The minimum absolute atomic E-state index is 0.238. The topological polar surface area (TPSA) is 88.8 Å². The van der Waals surface area contributed by atoms with E-state index in [0.29, 0.717) is 24.3 Å². The molecule has 9 heteroatoms. The third kappa shape index (κ3) is 3.69. The summed E-state index contributed by atoms with van der Waals surface area (Å²) < 4.78 is 4.66. The van der Waals surface area contributed by atoms with E-state index in [2.05, 4.69) is 35.0 Å². The summed E-state index contributed by atoms with van der Waals surface area (Å²) in [7, 11) is 1.87. The number of thiazole rings is 1. The van der Waals surface area contributed by atoms with Crippen LogP contribution in [0.2, 0.25) is 0 Å². The molecule has 5 rings (SSSR count). The first-order chi connectivity index (χ1) is 15.6. The van der Waals surface area contributed by atoms with Gasteiger partial charge in [-0.1, -0.05) is 31.9 Å². The lowest BCUT2D eigenvalue weighted by Crippen LogP contribution is -2.33. The lowest BCUT2D eigenvalue weighted by molar-refractivity contribution is 0.135. The Labute approximate surface area is 189 Å². The second kappa shape index (κ2) is 8.63. The molecule has 0 amide bonds. The van der Waals surface area contributed by atoms with E-state index in [1.165, 1.54) is 11.1 Å². The molecule has 1 fully saturated rings. The number of imidazole rings is 1. The summed E-state index contributed by atoms with van der Waals surface area (Å²) in [6.07, 6.45) is 5.19. The number of aromatic amines is 1. The second-order valence-electron chi connectivity index (χ2n) is 8.53. The van der Waals surface area contributed by atoms with Crippen LogP contribution in [0.4, 0.5) is 0 Å². The molecule has 0 spiro atoms. The maximum Gasteiger partial charge on any atom is 0.330 e. The molecule has 8 nitrogen and oxygen atoms in total. The Kier molecular flexibility index (Phi) is 5.69. The Morgan fingerprint density at radius 1 is 1.19 bits per heavy atom. The third-order valence-corrected chi connectivity index (χ3v) is 7.53. The monoisotopic (exact) mass is 452 g/mol. The summed E-state index contributed by atoms with van der Waals surface area (Å²) in [5, 5.41) is 1.14. The maximum absolute atomic E-state index is 12.6. The zero-order valence-electron chi connectivity index (χ0n) is 18.5. The van der Waals surface area contributed by atoms with E-state index in [1.54, 1.807) is 15.9 Å². The number of H-pyrrole nitrogens is 1. The van der Waals surface area contributed by atoms with Crippen molar-refractivity contribution in [3.05, 3.63) is 55.9 Å². The van der Waals surface area contributed by atoms with Gasteiger partial charge in [-0.2, -0.15) is 0 Å². The maximum atomic E-state index is 12.6. The summed E-state index contributed by atoms with van der Waals surface area (Å²) in [5.74, 6) is 0.800. The van der Waals surface area contributed by atoms with E-state index in [9.17, 15) is 9.59 Å². The number of piperidine rings is 1. The van der Waals surface area contributed by atoms with Crippen LogP contribution in [-0.4, -0.2) is 35.5 Å². The standard InChI is InChI=1S/C23H28N6O2S/c1-3-4-13-29-20-19(21(30)26-23(29)31)27(2)18(25-20)14-28-12-8-7-10-16(28)22-24-15-9-5-6-11-17(15)32-22/h5-6,9,11,16H,3-4,7-8,10,12-14H2,1-2H3,(H,26,30,31). The van der Waals surface area contributed by atoms with Gasteiger partial charge >= 0.3 is 5.69 Å². The average molecular weight is 453 g/mol. The van der Waals surface area contributed by atoms with E-state index >= 15 is 0 Å². The summed E-state index contributed by atoms with van der Waals surface area (Å²) in [4.78, 5) is 39.6. The van der Waals surface area contributed by atoms with Gasteiger partial charge in [0.05, 0.1) is 22.8 Å². The van der Waals surface area contributed by atoms with Crippen molar-refractivity contribution in [3.63, 3.8) is 0 Å². The number of hydrogen-bond acceptors (Lipinski definition) is 6. The van der Waals surface area contributed by atoms with E-state index in [-0.39, 0.29) is 17.3 Å². The Balaban J connectivity index is 1.52. The number of unbranched alkanes of at least 4 members (excludes halogenated alkanes) is 1. The fourth-order valence-corrected chi connectivity index (χ4v) is 5.77. The quantitative estimate of drug-likeness (QED) is 0.483. The number of fused-ring (bicyclic) bond motifs is 2. The Hall–Kier alpha value is -2.78. The molecule has 0 aliphatic carbocycles. The first-order valence-corrected chi connectivity index (χ1v) is 12.2. The molecule has 0 bridgehead atoms. The molecular weight excluding hydrogens is 424 g/mol. The predicted octanol–water partition coefficient (Wildman–Crippen LogP) is 3.56. The normalized spacial score (nSPS) is 17.5. The van der Waals surface area contributed by atoms with Crippen molar-refractivity contribution in [2.24, 2.45) is 7.05 Å². The largest absolute Gasteiger partial charge is 0.330 e. The number of para-hydroxylation sites is 1. The first kappa shape index (κ1) is 21.1. The number of hydrogen-bond donors (Lipinski definition) is 1. The second-order valence-corrected chi connectivity index (χ2v) is 9.59. The number of aromatic nitrogens is 5. The molecular formula is C23H28N6O2S. The molecule has 3 aromatic heterocycles. The van der Waals surface area contributed by atoms with Crippen molar-refractivity contribution in [2.45, 2.75) is 58.2 Å². The fourth-order valence-electron chi connectivity index (χ4n) is 4.63. The number of nitrogens with zero attached hydrogens (tertiary/aromatic N) is 5. The van der Waals surface area contributed by atoms with Crippen LogP contribution in [0.1, 0.15) is 55.9 Å². The van der Waals surface area contributed by atoms with Crippen LogP contribution in [0.3, 0.4) is 0 Å². The van der Waals surface area contributed by atoms with Crippen molar-refractivity contribution in [3.8, 4) is 0 Å². The Morgan fingerprint density at radius 3 is 2.84 bits per heavy atom. The minimum Gasteiger partial charge on any atom is -0.324 e. The van der Waals surface area contributed by atoms with Crippen LogP contribution in [-0.2, 0) is 20.1 Å². The first-order valence-electron chi connectivity index (χ1n) is 11.3. The Bertz CT molecular complexity index is 1350. The van der Waals surface area contributed by atoms with Crippen molar-refractivity contribution in [1.82, 2.24) is 29.0 Å². The van der Waals surface area contributed by atoms with Gasteiger partial charge in [0, 0.05) is 13.6 Å². The van der Waals surface area contributed by atoms with Gasteiger partial charge in [0.2, 0.25) is 0 Å². The molecule has 1 aromatic carbocycles. The van der Waals surface area contributed by atoms with E-state index in [0.717, 1.165) is 48.6 Å². The molecule has 0 saturated carbocycles. The van der Waals surface area contributed by atoms with Crippen LogP contribution in [0.15, 0.2) is 33.9 Å². The summed E-state index contributed by atoms with van der Waals surface area (Å²) in [5.41, 5.74) is 1.24. The Morgan fingerprint density at radius 2 is 2.03 bits per heavy atom. The van der Waals surface area contributed by atoms with Gasteiger partial charge in [0.25, 0.3) is 5.56 Å². The van der Waals surface area contributed by atoms with Gasteiger partial charge in [-0.25, -0.2) is 14.8 Å². The molecule has 4 heterocycles. The lowest BCUT2D eigenvalue weighted by atomic mass is 10.0. The van der Waals surface area contributed by atoms with Gasteiger partial charge in [-0.3, -0.25) is 19.2 Å². The average Bonchev–Trinajstić information content (AvgIpc) is 3.36. The number of aryl methyl sites for hydroxylation is 2. The summed E-state index contributed by atoms with van der Waals surface area (Å²) in [6.45, 7) is 4.21. The predicted molar refractivity (Wildman–Crippen MR) is 127 cm³/mol. The number of likely N-dealkylation sites (tertiary alicyclic amines) is 1. The summed E-state index contributed by atoms with van der Waals surface area (Å²) in [6, 6.07) is 8.51. The summed E-state index contributed by atoms with van der Waals surface area (Å²) >= 11 is 1.76. The van der Waals surface area contributed by atoms with Crippen molar-refractivity contribution >= 4 is 32.7 Å². The van der Waals surface area contributed by atoms with E-state index in [1.807, 2.05) is 17.7 Å². The van der Waals surface area contributed by atoms with Crippen molar-refractivity contribution in [1.29, 1.82) is 0 Å². The molecule has 1 atom stereocenters. The number of nitrogens with one attached hydrogen (secondary N) is 1. The van der Waals surface area contributed by atoms with Gasteiger partial charge in [0.1, 0.15) is 10.8 Å². The SMILES string of the molecule is CCCCn1c(=O)[nH]c(=O)c2c1nc(CN1CCCCC1c1nc3ccccc3s1)n2C. The number of rotatable bonds is 6. The molecule has 1 saturated heterocycles. The van der Waals surface area contributed by atoms with Crippen LogP contribution >= 0.6 is 11.3 Å². The van der Waals surface area contributed by atoms with E-state index < -0.39 is 0 Å². The molecule has 168 valence electrons. The zero-order valence-corrected chi connectivity index (χ0v) is 19.3. The van der Waals surface area contributed by atoms with Crippen LogP contribution in [0.5, 0.6) is 0 Å². The zero-order chi connectivity index (χ0) is 22.2. The smallest absolute Gasteiger partial charge is 0.324 e. The molecule has 32 heavy (non-hydrogen) atoms. The molecule has 1 aliphatic rings. The number of benzene rings is 1. The molecule has 0 radical (unpaired) electrons. The van der Waals surface area contributed by atoms with Crippen LogP contribution < -0.4 is 11.2 Å². The fraction of sp³-hybridized carbons (Fsp3) is 0.478. The van der Waals surface area contributed by atoms with Gasteiger partial charge in [-0.15, -0.1) is 11.3 Å². The van der Waals surface area contributed by atoms with Crippen molar-refractivity contribution in [2.75, 3.05) is 6.54 Å². The van der Waals surface area contributed by atoms with Gasteiger partial charge < -0.3 is 4.57 Å².